The molecule has 6 heteroatoms. The number of hydrogen-bond acceptors (Lipinski definition) is 6. The first-order valence-corrected chi connectivity index (χ1v) is 14.6. The SMILES string of the molecule is CC(=O)OCC(C)CCC1=C(C)C2C(CC3C4CCC5CC(OC(C)=O)CCC5(C)C4CC(=O)C32C)O1. The zero-order chi connectivity index (χ0) is 26.7. The summed E-state index contributed by atoms with van der Waals surface area (Å²) >= 11 is 0. The van der Waals surface area contributed by atoms with Gasteiger partial charge in [-0.25, -0.2) is 0 Å². The van der Waals surface area contributed by atoms with E-state index in [1.54, 1.807) is 0 Å². The van der Waals surface area contributed by atoms with Gasteiger partial charge in [-0.2, -0.15) is 0 Å². The number of fused-ring (bicyclic) bond motifs is 7. The van der Waals surface area contributed by atoms with Gasteiger partial charge in [0.2, 0.25) is 0 Å². The lowest BCUT2D eigenvalue weighted by Crippen LogP contribution is -2.57. The van der Waals surface area contributed by atoms with Crippen LogP contribution in [0.3, 0.4) is 0 Å². The van der Waals surface area contributed by atoms with Crippen LogP contribution < -0.4 is 0 Å². The molecular weight excluding hydrogens is 468 g/mol. The van der Waals surface area contributed by atoms with Crippen molar-refractivity contribution in [2.75, 3.05) is 6.61 Å². The van der Waals surface area contributed by atoms with Crippen molar-refractivity contribution in [1.82, 2.24) is 0 Å². The van der Waals surface area contributed by atoms with E-state index in [9.17, 15) is 14.4 Å². The number of esters is 2. The minimum absolute atomic E-state index is 0.0406. The second kappa shape index (κ2) is 9.72. The maximum absolute atomic E-state index is 14.1. The van der Waals surface area contributed by atoms with E-state index in [2.05, 4.69) is 27.7 Å². The fraction of sp³-hybridized carbons (Fsp3) is 0.839. The van der Waals surface area contributed by atoms with E-state index in [0.717, 1.165) is 44.3 Å². The normalized spacial score (nSPS) is 43.2. The summed E-state index contributed by atoms with van der Waals surface area (Å²) < 4.78 is 17.4. The van der Waals surface area contributed by atoms with E-state index >= 15 is 0 Å². The molecule has 5 aliphatic rings. The molecular formula is C31H46O6. The van der Waals surface area contributed by atoms with Crippen LogP contribution in [-0.2, 0) is 28.6 Å². The van der Waals surface area contributed by atoms with E-state index in [0.29, 0.717) is 42.5 Å². The van der Waals surface area contributed by atoms with Crippen LogP contribution in [0, 0.1) is 46.3 Å². The van der Waals surface area contributed by atoms with Gasteiger partial charge in [0.25, 0.3) is 0 Å². The van der Waals surface area contributed by atoms with Crippen molar-refractivity contribution in [3.63, 3.8) is 0 Å². The second-order valence-corrected chi connectivity index (χ2v) is 13.5. The van der Waals surface area contributed by atoms with Gasteiger partial charge in [0.1, 0.15) is 18.0 Å². The first kappa shape index (κ1) is 26.7. The Morgan fingerprint density at radius 2 is 1.84 bits per heavy atom. The first-order valence-electron chi connectivity index (χ1n) is 14.6. The Morgan fingerprint density at radius 3 is 2.54 bits per heavy atom. The van der Waals surface area contributed by atoms with Gasteiger partial charge in [-0.05, 0) is 92.4 Å². The van der Waals surface area contributed by atoms with Crippen molar-refractivity contribution >= 4 is 17.7 Å². The number of ketones is 1. The smallest absolute Gasteiger partial charge is 0.302 e. The molecule has 0 saturated heterocycles. The lowest BCUT2D eigenvalue weighted by atomic mass is 9.44. The largest absolute Gasteiger partial charge is 0.494 e. The summed E-state index contributed by atoms with van der Waals surface area (Å²) in [4.78, 5) is 36.8. The minimum atomic E-state index is -0.334. The van der Waals surface area contributed by atoms with Crippen LogP contribution in [0.5, 0.6) is 0 Å². The predicted molar refractivity (Wildman–Crippen MR) is 139 cm³/mol. The van der Waals surface area contributed by atoms with E-state index in [4.69, 9.17) is 14.2 Å². The third-order valence-corrected chi connectivity index (χ3v) is 11.5. The maximum Gasteiger partial charge on any atom is 0.302 e. The number of allylic oxidation sites excluding steroid dienone is 1. The molecule has 4 fully saturated rings. The van der Waals surface area contributed by atoms with Crippen molar-refractivity contribution in [3.8, 4) is 0 Å². The summed E-state index contributed by atoms with van der Waals surface area (Å²) in [6, 6.07) is 0. The number of carbonyl (C=O) groups is 3. The number of ether oxygens (including phenoxy) is 3. The molecule has 0 aromatic rings. The summed E-state index contributed by atoms with van der Waals surface area (Å²) in [5.41, 5.74) is 1.10. The van der Waals surface area contributed by atoms with E-state index in [1.807, 2.05) is 0 Å². The molecule has 0 aromatic carbocycles. The standard InChI is InChI=1S/C31H46O6/c1-17(16-35-19(3)32)7-10-26-18(2)29-27(37-26)14-25-23-9-8-21-13-22(36-20(4)33)11-12-30(21,5)24(23)15-28(34)31(25,29)6/h17,21-25,27,29H,7-16H2,1-6H3. The second-order valence-electron chi connectivity index (χ2n) is 13.5. The zero-order valence-corrected chi connectivity index (χ0v) is 23.6. The quantitative estimate of drug-likeness (QED) is 0.404. The van der Waals surface area contributed by atoms with E-state index in [1.165, 1.54) is 32.3 Å². The van der Waals surface area contributed by atoms with Gasteiger partial charge in [-0.1, -0.05) is 20.8 Å². The molecule has 0 amide bonds. The molecule has 37 heavy (non-hydrogen) atoms. The van der Waals surface area contributed by atoms with E-state index in [-0.39, 0.29) is 46.8 Å². The van der Waals surface area contributed by atoms with Crippen LogP contribution >= 0.6 is 0 Å². The highest BCUT2D eigenvalue weighted by Crippen LogP contribution is 2.68. The third kappa shape index (κ3) is 4.44. The Bertz CT molecular complexity index is 984. The van der Waals surface area contributed by atoms with Crippen molar-refractivity contribution < 1.29 is 28.6 Å². The molecule has 0 bridgehead atoms. The lowest BCUT2D eigenvalue weighted by Gasteiger charge is -2.60. The van der Waals surface area contributed by atoms with Crippen molar-refractivity contribution in [2.45, 2.75) is 112 Å². The summed E-state index contributed by atoms with van der Waals surface area (Å²) in [5, 5.41) is 0. The Labute approximate surface area is 222 Å². The molecule has 1 aliphatic heterocycles. The number of rotatable bonds is 6. The van der Waals surface area contributed by atoms with Gasteiger partial charge in [0.05, 0.1) is 12.4 Å². The summed E-state index contributed by atoms with van der Waals surface area (Å²) in [7, 11) is 0. The van der Waals surface area contributed by atoms with E-state index < -0.39 is 0 Å². The Hall–Kier alpha value is -1.85. The van der Waals surface area contributed by atoms with Crippen LogP contribution in [0.2, 0.25) is 0 Å². The number of carbonyl (C=O) groups excluding carboxylic acids is 3. The van der Waals surface area contributed by atoms with Crippen LogP contribution in [-0.4, -0.2) is 36.5 Å². The highest BCUT2D eigenvalue weighted by atomic mass is 16.5. The van der Waals surface area contributed by atoms with Gasteiger partial charge in [-0.15, -0.1) is 0 Å². The molecule has 6 nitrogen and oxygen atoms in total. The van der Waals surface area contributed by atoms with Gasteiger partial charge < -0.3 is 14.2 Å². The van der Waals surface area contributed by atoms with Gasteiger partial charge in [-0.3, -0.25) is 14.4 Å². The average Bonchev–Trinajstić information content (AvgIpc) is 3.31. The molecule has 4 saturated carbocycles. The molecule has 0 aromatic heterocycles. The Kier molecular flexibility index (Phi) is 7.02. The average molecular weight is 515 g/mol. The summed E-state index contributed by atoms with van der Waals surface area (Å²) in [6.45, 7) is 12.4. The van der Waals surface area contributed by atoms with Gasteiger partial charge >= 0.3 is 11.9 Å². The molecule has 4 aliphatic carbocycles. The van der Waals surface area contributed by atoms with Crippen LogP contribution in [0.25, 0.3) is 0 Å². The zero-order valence-electron chi connectivity index (χ0n) is 23.6. The Balaban J connectivity index is 1.30. The monoisotopic (exact) mass is 514 g/mol. The highest BCUT2D eigenvalue weighted by Gasteiger charge is 2.67. The molecule has 5 rings (SSSR count). The maximum atomic E-state index is 14.1. The van der Waals surface area contributed by atoms with Crippen LogP contribution in [0.1, 0.15) is 99.3 Å². The highest BCUT2D eigenvalue weighted by molar-refractivity contribution is 5.87. The first-order chi connectivity index (χ1) is 17.4. The summed E-state index contributed by atoms with van der Waals surface area (Å²) in [5.74, 6) is 3.49. The van der Waals surface area contributed by atoms with Crippen molar-refractivity contribution in [2.24, 2.45) is 46.3 Å². The minimum Gasteiger partial charge on any atom is -0.494 e. The third-order valence-electron chi connectivity index (χ3n) is 11.5. The fourth-order valence-electron chi connectivity index (χ4n) is 9.55. The number of Topliss-reactive ketones (excluding diaryl/α,β-unsaturated/α-hetero) is 1. The molecule has 10 unspecified atom stereocenters. The van der Waals surface area contributed by atoms with Crippen LogP contribution in [0.15, 0.2) is 11.3 Å². The summed E-state index contributed by atoms with van der Waals surface area (Å²) in [6.07, 6.45) is 8.83. The van der Waals surface area contributed by atoms with Gasteiger partial charge in [0, 0.05) is 38.0 Å². The fourth-order valence-corrected chi connectivity index (χ4v) is 9.55. The molecule has 206 valence electrons. The van der Waals surface area contributed by atoms with Crippen LogP contribution in [0.4, 0.5) is 0 Å². The topological polar surface area (TPSA) is 78.9 Å². The molecule has 0 radical (unpaired) electrons. The van der Waals surface area contributed by atoms with Crippen molar-refractivity contribution in [3.05, 3.63) is 11.3 Å². The molecule has 0 spiro atoms. The number of hydrogen-bond donors (Lipinski definition) is 0. The predicted octanol–water partition coefficient (Wildman–Crippen LogP) is 6.02. The van der Waals surface area contributed by atoms with Crippen molar-refractivity contribution in [1.29, 1.82) is 0 Å². The molecule has 10 atom stereocenters. The Morgan fingerprint density at radius 1 is 1.08 bits per heavy atom. The lowest BCUT2D eigenvalue weighted by molar-refractivity contribution is -0.165. The van der Waals surface area contributed by atoms with Gasteiger partial charge in [0.15, 0.2) is 0 Å². The molecule has 1 heterocycles. The molecule has 0 N–H and O–H groups in total.